The standard InChI is InChI=1S/C14H10Cl2N2O3/c15-10-3-1-2-8(12(10)16)13(19)18-11-5-4-7(17)6-9(11)14(20)21/h1-6H,17H2,(H,18,19)(H,20,21). The fourth-order valence-electron chi connectivity index (χ4n) is 1.72. The fourth-order valence-corrected chi connectivity index (χ4v) is 2.10. The second-order valence-corrected chi connectivity index (χ2v) is 4.95. The minimum atomic E-state index is -1.20. The van der Waals surface area contributed by atoms with E-state index in [4.69, 9.17) is 34.0 Å². The number of carboxylic acids is 1. The van der Waals surface area contributed by atoms with Gasteiger partial charge in [-0.25, -0.2) is 4.79 Å². The minimum Gasteiger partial charge on any atom is -0.478 e. The summed E-state index contributed by atoms with van der Waals surface area (Å²) in [6, 6.07) is 8.77. The molecular weight excluding hydrogens is 315 g/mol. The molecule has 0 bridgehead atoms. The number of anilines is 2. The number of benzene rings is 2. The van der Waals surface area contributed by atoms with Crippen molar-refractivity contribution in [3.05, 3.63) is 57.6 Å². The summed E-state index contributed by atoms with van der Waals surface area (Å²) in [5.74, 6) is -1.76. The van der Waals surface area contributed by atoms with Crippen molar-refractivity contribution >= 4 is 46.5 Å². The number of hydrogen-bond donors (Lipinski definition) is 3. The minimum absolute atomic E-state index is 0.101. The highest BCUT2D eigenvalue weighted by atomic mass is 35.5. The summed E-state index contributed by atoms with van der Waals surface area (Å²) < 4.78 is 0. The van der Waals surface area contributed by atoms with Gasteiger partial charge in [0.25, 0.3) is 5.91 Å². The van der Waals surface area contributed by atoms with Gasteiger partial charge in [-0.05, 0) is 30.3 Å². The molecule has 0 aromatic heterocycles. The average Bonchev–Trinajstić information content (AvgIpc) is 2.43. The van der Waals surface area contributed by atoms with E-state index in [1.165, 1.54) is 24.3 Å². The van der Waals surface area contributed by atoms with Gasteiger partial charge >= 0.3 is 5.97 Å². The molecular formula is C14H10Cl2N2O3. The quantitative estimate of drug-likeness (QED) is 0.753. The molecule has 0 heterocycles. The number of carboxylic acid groups (broad SMARTS) is 1. The van der Waals surface area contributed by atoms with Gasteiger partial charge in [-0.3, -0.25) is 4.79 Å². The Balaban J connectivity index is 2.36. The van der Waals surface area contributed by atoms with Crippen LogP contribution in [0.25, 0.3) is 0 Å². The zero-order chi connectivity index (χ0) is 15.6. The van der Waals surface area contributed by atoms with E-state index >= 15 is 0 Å². The molecule has 0 fully saturated rings. The topological polar surface area (TPSA) is 92.4 Å². The summed E-state index contributed by atoms with van der Waals surface area (Å²) in [6.07, 6.45) is 0. The van der Waals surface area contributed by atoms with Gasteiger partial charge in [0.1, 0.15) is 0 Å². The van der Waals surface area contributed by atoms with Crippen molar-refractivity contribution in [2.45, 2.75) is 0 Å². The lowest BCUT2D eigenvalue weighted by molar-refractivity contribution is 0.0698. The van der Waals surface area contributed by atoms with Crippen LogP contribution in [-0.2, 0) is 0 Å². The number of hydrogen-bond acceptors (Lipinski definition) is 3. The summed E-state index contributed by atoms with van der Waals surface area (Å²) in [6.45, 7) is 0. The monoisotopic (exact) mass is 324 g/mol. The molecule has 108 valence electrons. The van der Waals surface area contributed by atoms with Crippen molar-refractivity contribution in [2.75, 3.05) is 11.1 Å². The molecule has 0 aliphatic rings. The average molecular weight is 325 g/mol. The van der Waals surface area contributed by atoms with E-state index in [0.717, 1.165) is 0 Å². The number of carbonyl (C=O) groups is 2. The Morgan fingerprint density at radius 3 is 2.48 bits per heavy atom. The van der Waals surface area contributed by atoms with Gasteiger partial charge in [-0.2, -0.15) is 0 Å². The number of aromatic carboxylic acids is 1. The van der Waals surface area contributed by atoms with E-state index in [-0.39, 0.29) is 32.5 Å². The van der Waals surface area contributed by atoms with Crippen LogP contribution in [0.2, 0.25) is 10.0 Å². The molecule has 21 heavy (non-hydrogen) atoms. The first-order chi connectivity index (χ1) is 9.90. The predicted octanol–water partition coefficient (Wildman–Crippen LogP) is 3.53. The number of amides is 1. The molecule has 0 spiro atoms. The van der Waals surface area contributed by atoms with Crippen LogP contribution in [0, 0.1) is 0 Å². The second kappa shape index (κ2) is 6.03. The van der Waals surface area contributed by atoms with Gasteiger partial charge in [-0.15, -0.1) is 0 Å². The molecule has 1 amide bonds. The van der Waals surface area contributed by atoms with Crippen LogP contribution < -0.4 is 11.1 Å². The Labute approximate surface area is 130 Å². The lowest BCUT2D eigenvalue weighted by Crippen LogP contribution is -2.15. The van der Waals surface area contributed by atoms with Crippen LogP contribution in [0.4, 0.5) is 11.4 Å². The van der Waals surface area contributed by atoms with Crippen molar-refractivity contribution in [2.24, 2.45) is 0 Å². The van der Waals surface area contributed by atoms with Crippen LogP contribution in [0.3, 0.4) is 0 Å². The smallest absolute Gasteiger partial charge is 0.337 e. The van der Waals surface area contributed by atoms with Crippen LogP contribution >= 0.6 is 23.2 Å². The first-order valence-corrected chi connectivity index (χ1v) is 6.54. The fraction of sp³-hybridized carbons (Fsp3) is 0. The molecule has 0 unspecified atom stereocenters. The van der Waals surface area contributed by atoms with E-state index in [1.54, 1.807) is 12.1 Å². The predicted molar refractivity (Wildman–Crippen MR) is 82.2 cm³/mol. The third-order valence-electron chi connectivity index (χ3n) is 2.72. The first kappa shape index (κ1) is 15.2. The Bertz CT molecular complexity index is 732. The third kappa shape index (κ3) is 3.26. The number of nitrogens with two attached hydrogens (primary N) is 1. The molecule has 4 N–H and O–H groups in total. The second-order valence-electron chi connectivity index (χ2n) is 4.17. The normalized spacial score (nSPS) is 10.2. The molecule has 0 saturated carbocycles. The number of carbonyl (C=O) groups excluding carboxylic acids is 1. The number of halogens is 2. The number of nitrogens with one attached hydrogen (secondary N) is 1. The van der Waals surface area contributed by atoms with E-state index in [9.17, 15) is 9.59 Å². The first-order valence-electron chi connectivity index (χ1n) is 5.78. The van der Waals surface area contributed by atoms with Gasteiger partial charge in [-0.1, -0.05) is 29.3 Å². The van der Waals surface area contributed by atoms with Crippen molar-refractivity contribution in [3.63, 3.8) is 0 Å². The third-order valence-corrected chi connectivity index (χ3v) is 3.54. The summed E-state index contributed by atoms with van der Waals surface area (Å²) in [7, 11) is 0. The number of nitrogen functional groups attached to an aromatic ring is 1. The summed E-state index contributed by atoms with van der Waals surface area (Å²) in [4.78, 5) is 23.3. The van der Waals surface area contributed by atoms with Crippen molar-refractivity contribution in [1.29, 1.82) is 0 Å². The van der Waals surface area contributed by atoms with Crippen LogP contribution in [0.15, 0.2) is 36.4 Å². The highest BCUT2D eigenvalue weighted by Gasteiger charge is 2.16. The molecule has 0 radical (unpaired) electrons. The van der Waals surface area contributed by atoms with Crippen molar-refractivity contribution in [3.8, 4) is 0 Å². The van der Waals surface area contributed by atoms with E-state index in [2.05, 4.69) is 5.32 Å². The molecule has 0 saturated heterocycles. The molecule has 0 atom stereocenters. The SMILES string of the molecule is Nc1ccc(NC(=O)c2cccc(Cl)c2Cl)c(C(=O)O)c1. The lowest BCUT2D eigenvalue weighted by Gasteiger charge is -2.10. The number of rotatable bonds is 3. The molecule has 5 nitrogen and oxygen atoms in total. The van der Waals surface area contributed by atoms with Gasteiger partial charge in [0.15, 0.2) is 0 Å². The van der Waals surface area contributed by atoms with E-state index < -0.39 is 11.9 Å². The van der Waals surface area contributed by atoms with Gasteiger partial charge in [0, 0.05) is 5.69 Å². The maximum absolute atomic E-state index is 12.2. The zero-order valence-corrected chi connectivity index (χ0v) is 12.1. The highest BCUT2D eigenvalue weighted by molar-refractivity contribution is 6.44. The Morgan fingerprint density at radius 1 is 1.10 bits per heavy atom. The molecule has 2 aromatic rings. The lowest BCUT2D eigenvalue weighted by atomic mass is 10.1. The zero-order valence-electron chi connectivity index (χ0n) is 10.6. The molecule has 2 aromatic carbocycles. The molecule has 0 aliphatic carbocycles. The summed E-state index contributed by atoms with van der Waals surface area (Å²) >= 11 is 11.8. The van der Waals surface area contributed by atoms with E-state index in [1.807, 2.05) is 0 Å². The largest absolute Gasteiger partial charge is 0.478 e. The highest BCUT2D eigenvalue weighted by Crippen LogP contribution is 2.27. The van der Waals surface area contributed by atoms with Crippen LogP contribution in [-0.4, -0.2) is 17.0 Å². The summed E-state index contributed by atoms with van der Waals surface area (Å²) in [5, 5.41) is 11.9. The van der Waals surface area contributed by atoms with Crippen molar-refractivity contribution in [1.82, 2.24) is 0 Å². The molecule has 7 heteroatoms. The van der Waals surface area contributed by atoms with Crippen LogP contribution in [0.5, 0.6) is 0 Å². The molecule has 0 aliphatic heterocycles. The Morgan fingerprint density at radius 2 is 1.81 bits per heavy atom. The van der Waals surface area contributed by atoms with Crippen LogP contribution in [0.1, 0.15) is 20.7 Å². The Hall–Kier alpha value is -2.24. The van der Waals surface area contributed by atoms with Gasteiger partial charge in [0.2, 0.25) is 0 Å². The maximum atomic E-state index is 12.2. The molecule has 2 rings (SSSR count). The van der Waals surface area contributed by atoms with Crippen molar-refractivity contribution < 1.29 is 14.7 Å². The maximum Gasteiger partial charge on any atom is 0.337 e. The summed E-state index contributed by atoms with van der Waals surface area (Å²) in [5.41, 5.74) is 5.98. The van der Waals surface area contributed by atoms with E-state index in [0.29, 0.717) is 0 Å². The Kier molecular flexibility index (Phi) is 4.35. The van der Waals surface area contributed by atoms with Gasteiger partial charge in [0.05, 0.1) is 26.9 Å². The van der Waals surface area contributed by atoms with Gasteiger partial charge < -0.3 is 16.2 Å².